The monoisotopic (exact) mass is 323 g/mol. The third kappa shape index (κ3) is 2.71. The van der Waals surface area contributed by atoms with Crippen LogP contribution in [0.3, 0.4) is 0 Å². The standard InChI is InChI=1S/C16H15Cl2NS/c1-19-15-8-10-4-2-3-5-12(10)16(15)20-11-6-7-13(17)14(18)9-11/h2-7,9,15-16,19H,8H2,1H3/t15-,16-/m1/s1. The predicted molar refractivity (Wildman–Crippen MR) is 88.1 cm³/mol. The van der Waals surface area contributed by atoms with Crippen molar-refractivity contribution in [3.63, 3.8) is 0 Å². The molecule has 2 aromatic rings. The fourth-order valence-corrected chi connectivity index (χ4v) is 4.40. The van der Waals surface area contributed by atoms with E-state index in [1.807, 2.05) is 37.0 Å². The molecule has 1 aliphatic rings. The van der Waals surface area contributed by atoms with Gasteiger partial charge in [-0.25, -0.2) is 0 Å². The smallest absolute Gasteiger partial charge is 0.0603 e. The third-order valence-electron chi connectivity index (χ3n) is 3.69. The number of likely N-dealkylation sites (N-methyl/N-ethyl adjacent to an activating group) is 1. The lowest BCUT2D eigenvalue weighted by atomic mass is 10.1. The van der Waals surface area contributed by atoms with Gasteiger partial charge in [0.05, 0.1) is 15.3 Å². The Morgan fingerprint density at radius 3 is 2.65 bits per heavy atom. The molecule has 1 nitrogen and oxygen atoms in total. The number of benzene rings is 2. The Morgan fingerprint density at radius 2 is 1.90 bits per heavy atom. The van der Waals surface area contributed by atoms with Gasteiger partial charge in [0, 0.05) is 10.9 Å². The van der Waals surface area contributed by atoms with Gasteiger partial charge in [-0.1, -0.05) is 47.5 Å². The van der Waals surface area contributed by atoms with E-state index >= 15 is 0 Å². The third-order valence-corrected chi connectivity index (χ3v) is 5.79. The molecule has 0 saturated heterocycles. The summed E-state index contributed by atoms with van der Waals surface area (Å²) in [4.78, 5) is 1.15. The summed E-state index contributed by atoms with van der Waals surface area (Å²) in [7, 11) is 2.03. The maximum atomic E-state index is 6.11. The zero-order chi connectivity index (χ0) is 14.1. The summed E-state index contributed by atoms with van der Waals surface area (Å²) in [6.07, 6.45) is 1.08. The van der Waals surface area contributed by atoms with Crippen molar-refractivity contribution in [2.75, 3.05) is 7.05 Å². The second-order valence-electron chi connectivity index (χ2n) is 4.91. The molecule has 2 atom stereocenters. The van der Waals surface area contributed by atoms with Gasteiger partial charge in [0.15, 0.2) is 0 Å². The molecule has 0 amide bonds. The Labute approximate surface area is 133 Å². The number of rotatable bonds is 3. The number of nitrogens with one attached hydrogen (secondary N) is 1. The van der Waals surface area contributed by atoms with Crippen molar-refractivity contribution in [1.82, 2.24) is 5.32 Å². The molecule has 2 aromatic carbocycles. The van der Waals surface area contributed by atoms with Crippen LogP contribution in [0, 0.1) is 0 Å². The number of thioether (sulfide) groups is 1. The lowest BCUT2D eigenvalue weighted by Crippen LogP contribution is -2.27. The molecule has 0 saturated carbocycles. The largest absolute Gasteiger partial charge is 0.315 e. The molecule has 0 bridgehead atoms. The first-order valence-corrected chi connectivity index (χ1v) is 8.19. The summed E-state index contributed by atoms with van der Waals surface area (Å²) in [5.41, 5.74) is 2.85. The average molecular weight is 324 g/mol. The van der Waals surface area contributed by atoms with E-state index in [0.29, 0.717) is 21.3 Å². The maximum absolute atomic E-state index is 6.11. The molecule has 1 aliphatic carbocycles. The first-order valence-electron chi connectivity index (χ1n) is 6.56. The van der Waals surface area contributed by atoms with Crippen molar-refractivity contribution in [2.45, 2.75) is 22.6 Å². The molecule has 0 aliphatic heterocycles. The second-order valence-corrected chi connectivity index (χ2v) is 6.94. The summed E-state index contributed by atoms with van der Waals surface area (Å²) < 4.78 is 0. The highest BCUT2D eigenvalue weighted by atomic mass is 35.5. The van der Waals surface area contributed by atoms with Crippen LogP contribution in [-0.2, 0) is 6.42 Å². The fraction of sp³-hybridized carbons (Fsp3) is 0.250. The van der Waals surface area contributed by atoms with E-state index in [9.17, 15) is 0 Å². The summed E-state index contributed by atoms with van der Waals surface area (Å²) in [6, 6.07) is 15.0. The maximum Gasteiger partial charge on any atom is 0.0603 e. The Balaban J connectivity index is 1.90. The molecule has 1 N–H and O–H groups in total. The molecule has 0 radical (unpaired) electrons. The fourth-order valence-electron chi connectivity index (χ4n) is 2.65. The van der Waals surface area contributed by atoms with E-state index in [1.165, 1.54) is 11.1 Å². The van der Waals surface area contributed by atoms with Crippen LogP contribution in [0.25, 0.3) is 0 Å². The molecule has 3 rings (SSSR count). The minimum absolute atomic E-state index is 0.411. The molecule has 0 aromatic heterocycles. The lowest BCUT2D eigenvalue weighted by molar-refractivity contribution is 0.584. The van der Waals surface area contributed by atoms with E-state index in [4.69, 9.17) is 23.2 Å². The van der Waals surface area contributed by atoms with Gasteiger partial charge in [0.1, 0.15) is 0 Å². The van der Waals surface area contributed by atoms with Crippen LogP contribution in [0.2, 0.25) is 10.0 Å². The Morgan fingerprint density at radius 1 is 1.10 bits per heavy atom. The Bertz CT molecular complexity index is 630. The first kappa shape index (κ1) is 14.3. The molecule has 104 valence electrons. The van der Waals surface area contributed by atoms with E-state index in [-0.39, 0.29) is 0 Å². The van der Waals surface area contributed by atoms with Gasteiger partial charge >= 0.3 is 0 Å². The highest BCUT2D eigenvalue weighted by Gasteiger charge is 2.31. The van der Waals surface area contributed by atoms with Gasteiger partial charge in [0.2, 0.25) is 0 Å². The van der Waals surface area contributed by atoms with Gasteiger partial charge in [-0.05, 0) is 42.8 Å². The number of fused-ring (bicyclic) bond motifs is 1. The van der Waals surface area contributed by atoms with Gasteiger partial charge in [-0.3, -0.25) is 0 Å². The topological polar surface area (TPSA) is 12.0 Å². The average Bonchev–Trinajstić information content (AvgIpc) is 2.81. The second kappa shape index (κ2) is 5.98. The lowest BCUT2D eigenvalue weighted by Gasteiger charge is -2.19. The molecule has 0 heterocycles. The molecule has 4 heteroatoms. The Kier molecular flexibility index (Phi) is 4.27. The van der Waals surface area contributed by atoms with Crippen LogP contribution in [0.5, 0.6) is 0 Å². The zero-order valence-corrected chi connectivity index (χ0v) is 13.4. The zero-order valence-electron chi connectivity index (χ0n) is 11.1. The van der Waals surface area contributed by atoms with Gasteiger partial charge in [0.25, 0.3) is 0 Å². The summed E-state index contributed by atoms with van der Waals surface area (Å²) >= 11 is 13.9. The van der Waals surface area contributed by atoms with E-state index < -0.39 is 0 Å². The Hall–Kier alpha value is -0.670. The van der Waals surface area contributed by atoms with Crippen LogP contribution in [-0.4, -0.2) is 13.1 Å². The number of hydrogen-bond acceptors (Lipinski definition) is 2. The van der Waals surface area contributed by atoms with Crippen molar-refractivity contribution in [3.8, 4) is 0 Å². The van der Waals surface area contributed by atoms with E-state index in [2.05, 4.69) is 29.6 Å². The molecule has 20 heavy (non-hydrogen) atoms. The minimum Gasteiger partial charge on any atom is -0.315 e. The molecular formula is C16H15Cl2NS. The van der Waals surface area contributed by atoms with Gasteiger partial charge < -0.3 is 5.32 Å². The normalized spacial score (nSPS) is 20.9. The SMILES string of the molecule is CN[C@@H]1Cc2ccccc2[C@H]1Sc1ccc(Cl)c(Cl)c1. The van der Waals surface area contributed by atoms with Crippen molar-refractivity contribution in [3.05, 3.63) is 63.6 Å². The van der Waals surface area contributed by atoms with Gasteiger partial charge in [-0.15, -0.1) is 11.8 Å². The molecule has 0 unspecified atom stereocenters. The molecular weight excluding hydrogens is 309 g/mol. The van der Waals surface area contributed by atoms with E-state index in [0.717, 1.165) is 11.3 Å². The summed E-state index contributed by atoms with van der Waals surface area (Å²) in [5, 5.41) is 5.06. The first-order chi connectivity index (χ1) is 9.69. The van der Waals surface area contributed by atoms with Crippen molar-refractivity contribution in [2.24, 2.45) is 0 Å². The summed E-state index contributed by atoms with van der Waals surface area (Å²) in [5.74, 6) is 0. The predicted octanol–water partition coefficient (Wildman–Crippen LogP) is 4.97. The van der Waals surface area contributed by atoms with Crippen LogP contribution in [0.1, 0.15) is 16.4 Å². The minimum atomic E-state index is 0.411. The highest BCUT2D eigenvalue weighted by molar-refractivity contribution is 7.99. The van der Waals surface area contributed by atoms with Crippen molar-refractivity contribution in [1.29, 1.82) is 0 Å². The van der Waals surface area contributed by atoms with Crippen molar-refractivity contribution >= 4 is 35.0 Å². The van der Waals surface area contributed by atoms with Crippen LogP contribution in [0.15, 0.2) is 47.4 Å². The number of hydrogen-bond donors (Lipinski definition) is 1. The van der Waals surface area contributed by atoms with Gasteiger partial charge in [-0.2, -0.15) is 0 Å². The van der Waals surface area contributed by atoms with Crippen LogP contribution < -0.4 is 5.32 Å². The van der Waals surface area contributed by atoms with Crippen molar-refractivity contribution < 1.29 is 0 Å². The molecule has 0 spiro atoms. The van der Waals surface area contributed by atoms with Crippen LogP contribution in [0.4, 0.5) is 0 Å². The van der Waals surface area contributed by atoms with Crippen LogP contribution >= 0.6 is 35.0 Å². The quantitative estimate of drug-likeness (QED) is 0.855. The number of halogens is 2. The van der Waals surface area contributed by atoms with E-state index in [1.54, 1.807) is 0 Å². The summed E-state index contributed by atoms with van der Waals surface area (Å²) in [6.45, 7) is 0. The highest BCUT2D eigenvalue weighted by Crippen LogP contribution is 2.45. The molecule has 0 fully saturated rings.